The first-order valence-electron chi connectivity index (χ1n) is 7.26. The zero-order chi connectivity index (χ0) is 14.9. The predicted molar refractivity (Wildman–Crippen MR) is 78.8 cm³/mol. The van der Waals surface area contributed by atoms with E-state index in [-0.39, 0.29) is 17.4 Å². The molecular formula is C15H18ClNO4. The second-order valence-corrected chi connectivity index (χ2v) is 6.08. The van der Waals surface area contributed by atoms with Crippen LogP contribution in [0.15, 0.2) is 18.2 Å². The lowest BCUT2D eigenvalue weighted by molar-refractivity contribution is -0.386. The van der Waals surface area contributed by atoms with Gasteiger partial charge in [0.2, 0.25) is 0 Å². The molecule has 1 aliphatic heterocycles. The number of hydrogen-bond donors (Lipinski definition) is 0. The van der Waals surface area contributed by atoms with E-state index in [0.29, 0.717) is 18.2 Å². The zero-order valence-corrected chi connectivity index (χ0v) is 12.5. The van der Waals surface area contributed by atoms with Crippen LogP contribution in [0.3, 0.4) is 0 Å². The van der Waals surface area contributed by atoms with Crippen molar-refractivity contribution in [1.82, 2.24) is 0 Å². The van der Waals surface area contributed by atoms with Gasteiger partial charge in [0.25, 0.3) is 0 Å². The maximum Gasteiger partial charge on any atom is 0.310 e. The highest BCUT2D eigenvalue weighted by atomic mass is 35.5. The van der Waals surface area contributed by atoms with Gasteiger partial charge >= 0.3 is 5.69 Å². The van der Waals surface area contributed by atoms with Crippen LogP contribution < -0.4 is 4.74 Å². The monoisotopic (exact) mass is 311 g/mol. The summed E-state index contributed by atoms with van der Waals surface area (Å²) >= 11 is 5.81. The lowest BCUT2D eigenvalue weighted by Crippen LogP contribution is -2.48. The average molecular weight is 312 g/mol. The van der Waals surface area contributed by atoms with Crippen molar-refractivity contribution in [3.63, 3.8) is 0 Å². The number of ether oxygens (including phenoxy) is 2. The first-order valence-corrected chi connectivity index (χ1v) is 7.79. The van der Waals surface area contributed by atoms with Gasteiger partial charge in [-0.15, -0.1) is 11.6 Å². The summed E-state index contributed by atoms with van der Waals surface area (Å²) < 4.78 is 11.8. The molecule has 5 nitrogen and oxygen atoms in total. The lowest BCUT2D eigenvalue weighted by atomic mass is 9.74. The molecule has 1 aromatic carbocycles. The second kappa shape index (κ2) is 5.81. The van der Waals surface area contributed by atoms with E-state index < -0.39 is 4.92 Å². The molecule has 0 bridgehead atoms. The zero-order valence-electron chi connectivity index (χ0n) is 11.7. The third-order valence-electron chi connectivity index (χ3n) is 4.38. The minimum absolute atomic E-state index is 0.00184. The Labute approximate surface area is 128 Å². The summed E-state index contributed by atoms with van der Waals surface area (Å²) in [6.07, 6.45) is 4.88. The Bertz CT molecular complexity index is 544. The van der Waals surface area contributed by atoms with Crippen molar-refractivity contribution in [3.8, 4) is 5.75 Å². The van der Waals surface area contributed by atoms with Crippen LogP contribution in [0.1, 0.15) is 37.7 Å². The largest absolute Gasteiger partial charge is 0.483 e. The minimum atomic E-state index is -0.411. The standard InChI is InChI=1S/C15H18ClNO4/c16-10-11-2-3-13(17(18)19)14(8-11)21-12-4-7-20-15(9-12)5-1-6-15/h2-3,8,12H,1,4-7,9-10H2. The molecule has 1 atom stereocenters. The Hall–Kier alpha value is -1.33. The van der Waals surface area contributed by atoms with Gasteiger partial charge in [-0.25, -0.2) is 0 Å². The Morgan fingerprint density at radius 3 is 2.90 bits per heavy atom. The quantitative estimate of drug-likeness (QED) is 0.482. The summed E-state index contributed by atoms with van der Waals surface area (Å²) in [6, 6.07) is 4.80. The molecule has 0 aromatic heterocycles. The van der Waals surface area contributed by atoms with E-state index >= 15 is 0 Å². The highest BCUT2D eigenvalue weighted by Crippen LogP contribution is 2.43. The number of nitro groups is 1. The van der Waals surface area contributed by atoms with Crippen molar-refractivity contribution in [1.29, 1.82) is 0 Å². The molecule has 6 heteroatoms. The van der Waals surface area contributed by atoms with Gasteiger partial charge in [0.1, 0.15) is 6.10 Å². The first-order chi connectivity index (χ1) is 10.1. The normalized spacial score (nSPS) is 23.6. The van der Waals surface area contributed by atoms with Crippen LogP contribution >= 0.6 is 11.6 Å². The summed E-state index contributed by atoms with van der Waals surface area (Å²) in [4.78, 5) is 10.7. The van der Waals surface area contributed by atoms with Crippen molar-refractivity contribution < 1.29 is 14.4 Å². The molecule has 1 aliphatic carbocycles. The number of nitro benzene ring substituents is 1. The topological polar surface area (TPSA) is 61.6 Å². The third-order valence-corrected chi connectivity index (χ3v) is 4.69. The lowest BCUT2D eigenvalue weighted by Gasteiger charge is -2.46. The number of rotatable bonds is 4. The smallest absolute Gasteiger partial charge is 0.310 e. The van der Waals surface area contributed by atoms with Crippen molar-refractivity contribution in [2.75, 3.05) is 6.61 Å². The summed E-state index contributed by atoms with van der Waals surface area (Å²) in [5, 5.41) is 11.1. The predicted octanol–water partition coefficient (Wildman–Crippen LogP) is 3.81. The fraction of sp³-hybridized carbons (Fsp3) is 0.600. The molecule has 1 spiro atoms. The first kappa shape index (κ1) is 14.6. The maximum atomic E-state index is 11.1. The Morgan fingerprint density at radius 2 is 2.29 bits per heavy atom. The highest BCUT2D eigenvalue weighted by Gasteiger charge is 2.43. The molecule has 1 saturated carbocycles. The maximum absolute atomic E-state index is 11.1. The van der Waals surface area contributed by atoms with Gasteiger partial charge < -0.3 is 9.47 Å². The number of alkyl halides is 1. The molecule has 1 unspecified atom stereocenters. The molecule has 1 heterocycles. The third kappa shape index (κ3) is 2.99. The van der Waals surface area contributed by atoms with Crippen LogP contribution in [0.25, 0.3) is 0 Å². The van der Waals surface area contributed by atoms with Crippen LogP contribution in [-0.2, 0) is 10.6 Å². The molecule has 2 fully saturated rings. The van der Waals surface area contributed by atoms with Gasteiger partial charge in [-0.3, -0.25) is 10.1 Å². The second-order valence-electron chi connectivity index (χ2n) is 5.81. The molecule has 1 saturated heterocycles. The van der Waals surface area contributed by atoms with Crippen LogP contribution in [0.2, 0.25) is 0 Å². The number of hydrogen-bond acceptors (Lipinski definition) is 4. The molecule has 0 radical (unpaired) electrons. The van der Waals surface area contributed by atoms with E-state index in [0.717, 1.165) is 31.2 Å². The van der Waals surface area contributed by atoms with E-state index in [4.69, 9.17) is 21.1 Å². The molecule has 1 aromatic rings. The summed E-state index contributed by atoms with van der Waals surface area (Å²) in [5.41, 5.74) is 0.780. The number of halogens is 1. The van der Waals surface area contributed by atoms with Crippen LogP contribution in [-0.4, -0.2) is 23.2 Å². The van der Waals surface area contributed by atoms with Crippen LogP contribution in [0, 0.1) is 10.1 Å². The molecule has 3 rings (SSSR count). The Kier molecular flexibility index (Phi) is 4.04. The average Bonchev–Trinajstić information content (AvgIpc) is 2.45. The molecule has 0 amide bonds. The Balaban J connectivity index is 1.78. The SMILES string of the molecule is O=[N+]([O-])c1ccc(CCl)cc1OC1CCOC2(CCC2)C1. The fourth-order valence-electron chi connectivity index (χ4n) is 3.07. The van der Waals surface area contributed by atoms with Crippen molar-refractivity contribution in [2.45, 2.75) is 49.7 Å². The van der Waals surface area contributed by atoms with Gasteiger partial charge in [-0.2, -0.15) is 0 Å². The van der Waals surface area contributed by atoms with Crippen LogP contribution in [0.4, 0.5) is 5.69 Å². The fourth-order valence-corrected chi connectivity index (χ4v) is 3.24. The summed E-state index contributed by atoms with van der Waals surface area (Å²) in [6.45, 7) is 0.660. The molecule has 114 valence electrons. The van der Waals surface area contributed by atoms with Gasteiger partial charge in [-0.1, -0.05) is 6.07 Å². The highest BCUT2D eigenvalue weighted by molar-refractivity contribution is 6.17. The molecule has 2 aliphatic rings. The van der Waals surface area contributed by atoms with Gasteiger partial charge in [0.15, 0.2) is 5.75 Å². The van der Waals surface area contributed by atoms with Crippen molar-refractivity contribution in [2.24, 2.45) is 0 Å². The van der Waals surface area contributed by atoms with E-state index in [2.05, 4.69) is 0 Å². The van der Waals surface area contributed by atoms with E-state index in [9.17, 15) is 10.1 Å². The Morgan fingerprint density at radius 1 is 1.48 bits per heavy atom. The van der Waals surface area contributed by atoms with Gasteiger partial charge in [-0.05, 0) is 30.9 Å². The number of benzene rings is 1. The number of nitrogens with zero attached hydrogens (tertiary/aromatic N) is 1. The van der Waals surface area contributed by atoms with Crippen LogP contribution in [0.5, 0.6) is 5.75 Å². The van der Waals surface area contributed by atoms with Gasteiger partial charge in [0, 0.05) is 24.8 Å². The minimum Gasteiger partial charge on any atom is -0.483 e. The summed E-state index contributed by atoms with van der Waals surface area (Å²) in [5.74, 6) is 0.631. The molecular weight excluding hydrogens is 294 g/mol. The van der Waals surface area contributed by atoms with Crippen molar-refractivity contribution >= 4 is 17.3 Å². The van der Waals surface area contributed by atoms with Gasteiger partial charge in [0.05, 0.1) is 17.1 Å². The molecule has 0 N–H and O–H groups in total. The van der Waals surface area contributed by atoms with E-state index in [1.807, 2.05) is 0 Å². The summed E-state index contributed by atoms with van der Waals surface area (Å²) in [7, 11) is 0. The van der Waals surface area contributed by atoms with E-state index in [1.54, 1.807) is 12.1 Å². The molecule has 21 heavy (non-hydrogen) atoms. The van der Waals surface area contributed by atoms with Crippen molar-refractivity contribution in [3.05, 3.63) is 33.9 Å². The van der Waals surface area contributed by atoms with E-state index in [1.165, 1.54) is 12.5 Å².